The van der Waals surface area contributed by atoms with Gasteiger partial charge in [-0.25, -0.2) is 0 Å². The minimum absolute atomic E-state index is 0.464. The molecule has 2 heteroatoms. The third-order valence-electron chi connectivity index (χ3n) is 15.2. The summed E-state index contributed by atoms with van der Waals surface area (Å²) in [7, 11) is 0. The zero-order valence-corrected chi connectivity index (χ0v) is 40.0. The third kappa shape index (κ3) is 7.10. The summed E-state index contributed by atoms with van der Waals surface area (Å²) in [5.74, 6) is 0. The van der Waals surface area contributed by atoms with Crippen LogP contribution in [0.2, 0.25) is 0 Å². The summed E-state index contributed by atoms with van der Waals surface area (Å²) >= 11 is 0. The van der Waals surface area contributed by atoms with Crippen molar-refractivity contribution in [3.63, 3.8) is 0 Å². The van der Waals surface area contributed by atoms with E-state index in [0.29, 0.717) is 0 Å². The average molecular weight is 930 g/mol. The SMILES string of the molecule is c1ccc(C2(c3ccccc3)c3ccccc3-c3ccc(-c4ccc(N(c5ccc(-c6cccc(-c7cccc8ccccc78)c6)cc5)c5ccc(-c6ccc7c(c6)oc6ccccc67)cc5)cc4)cc32)cc1. The van der Waals surface area contributed by atoms with Gasteiger partial charge in [0.1, 0.15) is 11.2 Å². The first-order valence-electron chi connectivity index (χ1n) is 25.1. The van der Waals surface area contributed by atoms with Gasteiger partial charge in [-0.1, -0.05) is 218 Å². The third-order valence-corrected chi connectivity index (χ3v) is 15.2. The number of furan rings is 1. The fourth-order valence-corrected chi connectivity index (χ4v) is 11.7. The molecule has 0 bridgehead atoms. The van der Waals surface area contributed by atoms with E-state index in [1.165, 1.54) is 72.0 Å². The Bertz CT molecular complexity index is 4130. The van der Waals surface area contributed by atoms with E-state index >= 15 is 0 Å². The monoisotopic (exact) mass is 929 g/mol. The molecule has 13 aromatic rings. The topological polar surface area (TPSA) is 16.4 Å². The maximum Gasteiger partial charge on any atom is 0.136 e. The summed E-state index contributed by atoms with van der Waals surface area (Å²) in [6.45, 7) is 0. The molecule has 0 atom stereocenters. The lowest BCUT2D eigenvalue weighted by Gasteiger charge is -2.34. The number of hydrogen-bond donors (Lipinski definition) is 0. The van der Waals surface area contributed by atoms with Gasteiger partial charge >= 0.3 is 0 Å². The van der Waals surface area contributed by atoms with Crippen LogP contribution in [0.4, 0.5) is 17.1 Å². The first-order valence-corrected chi connectivity index (χ1v) is 25.1. The Balaban J connectivity index is 0.847. The molecular weight excluding hydrogens is 883 g/mol. The van der Waals surface area contributed by atoms with E-state index in [1.807, 2.05) is 12.1 Å². The van der Waals surface area contributed by atoms with E-state index in [2.05, 4.69) is 278 Å². The highest BCUT2D eigenvalue weighted by atomic mass is 16.3. The molecule has 0 N–H and O–H groups in total. The van der Waals surface area contributed by atoms with Gasteiger partial charge in [0.25, 0.3) is 0 Å². The van der Waals surface area contributed by atoms with Crippen molar-refractivity contribution in [1.29, 1.82) is 0 Å². The maximum atomic E-state index is 6.30. The second-order valence-electron chi connectivity index (χ2n) is 19.2. The summed E-state index contributed by atoms with van der Waals surface area (Å²) in [5.41, 5.74) is 21.6. The Morgan fingerprint density at radius 2 is 0.726 bits per heavy atom. The normalized spacial score (nSPS) is 12.5. The quantitative estimate of drug-likeness (QED) is 0.143. The molecular formula is C71H47NO. The second kappa shape index (κ2) is 17.4. The van der Waals surface area contributed by atoms with Crippen molar-refractivity contribution in [2.45, 2.75) is 5.41 Å². The van der Waals surface area contributed by atoms with Gasteiger partial charge in [-0.05, 0) is 155 Å². The smallest absolute Gasteiger partial charge is 0.136 e. The van der Waals surface area contributed by atoms with Gasteiger partial charge in [-0.15, -0.1) is 0 Å². The van der Waals surface area contributed by atoms with Crippen LogP contribution in [0.5, 0.6) is 0 Å². The number of hydrogen-bond acceptors (Lipinski definition) is 2. The van der Waals surface area contributed by atoms with Gasteiger partial charge < -0.3 is 9.32 Å². The van der Waals surface area contributed by atoms with Gasteiger partial charge in [0.05, 0.1) is 5.41 Å². The molecule has 0 saturated carbocycles. The van der Waals surface area contributed by atoms with Crippen LogP contribution in [0.25, 0.3) is 88.3 Å². The lowest BCUT2D eigenvalue weighted by molar-refractivity contribution is 0.669. The van der Waals surface area contributed by atoms with Crippen LogP contribution < -0.4 is 4.90 Å². The molecule has 14 rings (SSSR count). The predicted octanol–water partition coefficient (Wildman–Crippen LogP) is 19.2. The molecule has 0 radical (unpaired) electrons. The molecule has 0 unspecified atom stereocenters. The molecule has 1 aromatic heterocycles. The number of para-hydroxylation sites is 1. The van der Waals surface area contributed by atoms with Crippen molar-refractivity contribution in [2.75, 3.05) is 4.90 Å². The molecule has 1 aliphatic rings. The molecule has 2 nitrogen and oxygen atoms in total. The maximum absolute atomic E-state index is 6.30. The summed E-state index contributed by atoms with van der Waals surface area (Å²) in [4.78, 5) is 2.36. The first-order chi connectivity index (χ1) is 36.2. The summed E-state index contributed by atoms with van der Waals surface area (Å²) in [6, 6.07) is 104. The molecule has 0 fully saturated rings. The Hall–Kier alpha value is -9.50. The highest BCUT2D eigenvalue weighted by Gasteiger charge is 2.46. The van der Waals surface area contributed by atoms with Crippen LogP contribution >= 0.6 is 0 Å². The highest BCUT2D eigenvalue weighted by molar-refractivity contribution is 6.06. The molecule has 342 valence electrons. The molecule has 0 saturated heterocycles. The predicted molar refractivity (Wildman–Crippen MR) is 305 cm³/mol. The van der Waals surface area contributed by atoms with Crippen molar-refractivity contribution in [1.82, 2.24) is 0 Å². The summed E-state index contributed by atoms with van der Waals surface area (Å²) in [5, 5.41) is 4.77. The van der Waals surface area contributed by atoms with Gasteiger partial charge in [-0.3, -0.25) is 0 Å². The standard InChI is InChI=1S/C71H47NO/c1-3-19-56(20-4-1)71(57-21-5-2-6-22-57)67-27-11-9-24-63(67)64-43-35-53(46-68(64)71)49-31-39-59(40-32-49)72(60-41-33-50(34-42-60)54-36-44-66-65-25-10-12-28-69(65)73-70(66)47-54)58-37-29-48(30-38-58)52-17-13-18-55(45-52)62-26-14-16-51-15-7-8-23-61(51)62/h1-47H. The van der Waals surface area contributed by atoms with Crippen molar-refractivity contribution >= 4 is 49.8 Å². The van der Waals surface area contributed by atoms with E-state index < -0.39 is 5.41 Å². The number of rotatable bonds is 9. The van der Waals surface area contributed by atoms with Crippen molar-refractivity contribution < 1.29 is 4.42 Å². The minimum Gasteiger partial charge on any atom is -0.456 e. The molecule has 0 spiro atoms. The number of nitrogens with zero attached hydrogens (tertiary/aromatic N) is 1. The fourth-order valence-electron chi connectivity index (χ4n) is 11.7. The van der Waals surface area contributed by atoms with Gasteiger partial charge in [0.15, 0.2) is 0 Å². The van der Waals surface area contributed by atoms with Crippen LogP contribution in [0.15, 0.2) is 290 Å². The van der Waals surface area contributed by atoms with E-state index in [0.717, 1.165) is 55.7 Å². The van der Waals surface area contributed by atoms with Gasteiger partial charge in [-0.2, -0.15) is 0 Å². The Kier molecular flexibility index (Phi) is 10.1. The van der Waals surface area contributed by atoms with Crippen molar-refractivity contribution in [2.24, 2.45) is 0 Å². The summed E-state index contributed by atoms with van der Waals surface area (Å²) in [6.07, 6.45) is 0. The Morgan fingerprint density at radius 1 is 0.260 bits per heavy atom. The number of fused-ring (bicyclic) bond motifs is 7. The van der Waals surface area contributed by atoms with Crippen molar-refractivity contribution in [3.8, 4) is 55.6 Å². The van der Waals surface area contributed by atoms with Gasteiger partial charge in [0, 0.05) is 27.8 Å². The minimum atomic E-state index is -0.464. The molecule has 1 aliphatic carbocycles. The van der Waals surface area contributed by atoms with Crippen LogP contribution in [-0.4, -0.2) is 0 Å². The molecule has 1 heterocycles. The second-order valence-corrected chi connectivity index (χ2v) is 19.2. The van der Waals surface area contributed by atoms with E-state index in [-0.39, 0.29) is 0 Å². The number of anilines is 3. The van der Waals surface area contributed by atoms with E-state index in [1.54, 1.807) is 0 Å². The van der Waals surface area contributed by atoms with E-state index in [4.69, 9.17) is 4.42 Å². The zero-order valence-electron chi connectivity index (χ0n) is 40.0. The number of benzene rings is 12. The first kappa shape index (κ1) is 42.4. The van der Waals surface area contributed by atoms with Crippen LogP contribution in [0, 0.1) is 0 Å². The molecule has 73 heavy (non-hydrogen) atoms. The van der Waals surface area contributed by atoms with Crippen molar-refractivity contribution in [3.05, 3.63) is 307 Å². The molecule has 0 amide bonds. The highest BCUT2D eigenvalue weighted by Crippen LogP contribution is 2.57. The van der Waals surface area contributed by atoms with E-state index in [9.17, 15) is 0 Å². The zero-order chi connectivity index (χ0) is 48.3. The van der Waals surface area contributed by atoms with Gasteiger partial charge in [0.2, 0.25) is 0 Å². The largest absolute Gasteiger partial charge is 0.456 e. The Labute approximate surface area is 425 Å². The lowest BCUT2D eigenvalue weighted by atomic mass is 9.67. The molecule has 12 aromatic carbocycles. The fraction of sp³-hybridized carbons (Fsp3) is 0.0141. The average Bonchev–Trinajstić information content (AvgIpc) is 3.99. The van der Waals surface area contributed by atoms with Crippen LogP contribution in [0.1, 0.15) is 22.3 Å². The van der Waals surface area contributed by atoms with Crippen LogP contribution in [-0.2, 0) is 5.41 Å². The molecule has 0 aliphatic heterocycles. The van der Waals surface area contributed by atoms with Crippen LogP contribution in [0.3, 0.4) is 0 Å². The summed E-state index contributed by atoms with van der Waals surface area (Å²) < 4.78 is 6.30. The lowest BCUT2D eigenvalue weighted by Crippen LogP contribution is -2.28. The Morgan fingerprint density at radius 3 is 1.41 bits per heavy atom.